The number of fused-ring (bicyclic) bond motifs is 1. The van der Waals surface area contributed by atoms with E-state index in [0.29, 0.717) is 23.0 Å². The van der Waals surface area contributed by atoms with Crippen LogP contribution < -0.4 is 10.9 Å². The van der Waals surface area contributed by atoms with E-state index in [0.717, 1.165) is 15.3 Å². The van der Waals surface area contributed by atoms with Crippen LogP contribution in [0.15, 0.2) is 32.8 Å². The van der Waals surface area contributed by atoms with Gasteiger partial charge in [0, 0.05) is 28.4 Å². The molecule has 0 fully saturated rings. The van der Waals surface area contributed by atoms with Gasteiger partial charge in [0.05, 0.1) is 11.1 Å². The summed E-state index contributed by atoms with van der Waals surface area (Å²) < 4.78 is 1.66. The Bertz CT molecular complexity index is 990. The summed E-state index contributed by atoms with van der Waals surface area (Å²) in [5.74, 6) is 0.589. The summed E-state index contributed by atoms with van der Waals surface area (Å²) in [6, 6.07) is 4.12. The number of thiophene rings is 2. The fourth-order valence-corrected chi connectivity index (χ4v) is 5.28. The molecule has 3 heterocycles. The molecule has 0 bridgehead atoms. The van der Waals surface area contributed by atoms with Crippen LogP contribution in [0.25, 0.3) is 20.7 Å². The highest BCUT2D eigenvalue weighted by molar-refractivity contribution is 7.99. The van der Waals surface area contributed by atoms with Gasteiger partial charge in [-0.15, -0.1) is 22.7 Å². The van der Waals surface area contributed by atoms with E-state index in [2.05, 4.69) is 19.2 Å². The quantitative estimate of drug-likeness (QED) is 0.452. The first-order valence-corrected chi connectivity index (χ1v) is 11.6. The van der Waals surface area contributed by atoms with Gasteiger partial charge in [0.2, 0.25) is 5.91 Å². The number of hydrogen-bond acceptors (Lipinski definition) is 6. The van der Waals surface area contributed by atoms with Gasteiger partial charge in [-0.3, -0.25) is 14.2 Å². The molecule has 1 atom stereocenters. The maximum absolute atomic E-state index is 13.1. The van der Waals surface area contributed by atoms with Crippen molar-refractivity contribution in [3.8, 4) is 10.4 Å². The van der Waals surface area contributed by atoms with Crippen LogP contribution in [0.5, 0.6) is 0 Å². The number of carbonyl (C=O) groups is 1. The third-order valence-electron chi connectivity index (χ3n) is 4.48. The van der Waals surface area contributed by atoms with Gasteiger partial charge in [-0.25, -0.2) is 4.98 Å². The van der Waals surface area contributed by atoms with Crippen molar-refractivity contribution in [1.82, 2.24) is 14.9 Å². The van der Waals surface area contributed by atoms with Crippen LogP contribution in [0.4, 0.5) is 0 Å². The van der Waals surface area contributed by atoms with Gasteiger partial charge >= 0.3 is 0 Å². The van der Waals surface area contributed by atoms with Crippen LogP contribution in [-0.2, 0) is 11.3 Å². The maximum atomic E-state index is 13.1. The lowest BCUT2D eigenvalue weighted by atomic mass is 10.1. The number of thioether (sulfide) groups is 1. The molecule has 1 N–H and O–H groups in total. The molecule has 8 heteroatoms. The number of aromatic nitrogens is 2. The SMILES string of the molecule is CCn1c(SCC(=O)NC(C)C(C)C)nc2scc(-c3cccs3)c2c1=O. The van der Waals surface area contributed by atoms with Crippen molar-refractivity contribution in [2.75, 3.05) is 5.75 Å². The minimum absolute atomic E-state index is 0.0365. The topological polar surface area (TPSA) is 64.0 Å². The Morgan fingerprint density at radius 1 is 1.33 bits per heavy atom. The molecule has 144 valence electrons. The van der Waals surface area contributed by atoms with E-state index in [9.17, 15) is 9.59 Å². The molecule has 1 amide bonds. The van der Waals surface area contributed by atoms with Crippen molar-refractivity contribution in [3.63, 3.8) is 0 Å². The minimum Gasteiger partial charge on any atom is -0.353 e. The van der Waals surface area contributed by atoms with E-state index in [4.69, 9.17) is 4.98 Å². The lowest BCUT2D eigenvalue weighted by Crippen LogP contribution is -2.37. The van der Waals surface area contributed by atoms with Gasteiger partial charge in [-0.1, -0.05) is 31.7 Å². The molecule has 27 heavy (non-hydrogen) atoms. The number of nitrogens with zero attached hydrogens (tertiary/aromatic N) is 2. The van der Waals surface area contributed by atoms with Crippen molar-refractivity contribution in [2.24, 2.45) is 5.92 Å². The Balaban J connectivity index is 1.89. The highest BCUT2D eigenvalue weighted by Gasteiger charge is 2.18. The number of nitrogens with one attached hydrogen (secondary N) is 1. The van der Waals surface area contributed by atoms with Crippen LogP contribution in [0.2, 0.25) is 0 Å². The van der Waals surface area contributed by atoms with Gasteiger partial charge < -0.3 is 5.32 Å². The molecule has 0 aliphatic heterocycles. The highest BCUT2D eigenvalue weighted by Crippen LogP contribution is 2.34. The normalized spacial score (nSPS) is 12.6. The average molecular weight is 422 g/mol. The van der Waals surface area contributed by atoms with Gasteiger partial charge in [0.15, 0.2) is 5.16 Å². The number of hydrogen-bond donors (Lipinski definition) is 1. The van der Waals surface area contributed by atoms with Gasteiger partial charge in [0.25, 0.3) is 5.56 Å². The molecule has 0 saturated heterocycles. The molecular formula is C19H23N3O2S3. The molecule has 0 spiro atoms. The fourth-order valence-electron chi connectivity index (χ4n) is 2.60. The summed E-state index contributed by atoms with van der Waals surface area (Å²) in [5.41, 5.74) is 0.912. The largest absolute Gasteiger partial charge is 0.353 e. The zero-order valence-electron chi connectivity index (χ0n) is 15.8. The molecule has 0 saturated carbocycles. The molecule has 5 nitrogen and oxygen atoms in total. The Hall–Kier alpha value is -1.64. The second-order valence-corrected chi connectivity index (χ2v) is 9.39. The predicted molar refractivity (Wildman–Crippen MR) is 116 cm³/mol. The first kappa shape index (κ1) is 20.1. The smallest absolute Gasteiger partial charge is 0.263 e. The van der Waals surface area contributed by atoms with Crippen LogP contribution in [0.1, 0.15) is 27.7 Å². The first-order chi connectivity index (χ1) is 12.9. The summed E-state index contributed by atoms with van der Waals surface area (Å²) in [5, 5.41) is 8.26. The molecule has 3 aromatic rings. The number of carbonyl (C=O) groups excluding carboxylic acids is 1. The molecule has 0 radical (unpaired) electrons. The first-order valence-electron chi connectivity index (χ1n) is 8.90. The third-order valence-corrected chi connectivity index (χ3v) is 7.23. The van der Waals surface area contributed by atoms with Crippen LogP contribution in [0.3, 0.4) is 0 Å². The standard InChI is InChI=1S/C19H23N3O2S3/c1-5-22-18(24)16-13(14-7-6-8-25-14)9-26-17(16)21-19(22)27-10-15(23)20-12(4)11(2)3/h6-9,11-12H,5,10H2,1-4H3,(H,20,23). The van der Waals surface area contributed by atoms with Gasteiger partial charge in [-0.05, 0) is 31.2 Å². The van der Waals surface area contributed by atoms with Crippen LogP contribution in [-0.4, -0.2) is 27.3 Å². The van der Waals surface area contributed by atoms with Crippen molar-refractivity contribution in [3.05, 3.63) is 33.2 Å². The second-order valence-electron chi connectivity index (χ2n) is 6.64. The van der Waals surface area contributed by atoms with Crippen LogP contribution in [0, 0.1) is 5.92 Å². The monoisotopic (exact) mass is 421 g/mol. The van der Waals surface area contributed by atoms with Crippen LogP contribution >= 0.6 is 34.4 Å². The van der Waals surface area contributed by atoms with E-state index in [1.807, 2.05) is 36.7 Å². The molecule has 0 aliphatic rings. The molecular weight excluding hydrogens is 398 g/mol. The zero-order chi connectivity index (χ0) is 19.6. The zero-order valence-corrected chi connectivity index (χ0v) is 18.3. The van der Waals surface area contributed by atoms with E-state index < -0.39 is 0 Å². The Morgan fingerprint density at radius 2 is 2.11 bits per heavy atom. The molecule has 1 unspecified atom stereocenters. The lowest BCUT2D eigenvalue weighted by molar-refractivity contribution is -0.119. The van der Waals surface area contributed by atoms with Crippen molar-refractivity contribution >= 4 is 50.6 Å². The Morgan fingerprint density at radius 3 is 2.74 bits per heavy atom. The number of rotatable bonds is 7. The van der Waals surface area contributed by atoms with Crippen molar-refractivity contribution in [2.45, 2.75) is 45.4 Å². The van der Waals surface area contributed by atoms with E-state index in [-0.39, 0.29) is 23.3 Å². The second kappa shape index (κ2) is 8.58. The average Bonchev–Trinajstić information content (AvgIpc) is 3.29. The van der Waals surface area contributed by atoms with Gasteiger partial charge in [0.1, 0.15) is 4.83 Å². The fraction of sp³-hybridized carbons (Fsp3) is 0.421. The summed E-state index contributed by atoms with van der Waals surface area (Å²) in [6.45, 7) is 8.59. The number of amides is 1. The van der Waals surface area contributed by atoms with E-state index in [1.165, 1.54) is 23.1 Å². The van der Waals surface area contributed by atoms with Crippen molar-refractivity contribution in [1.29, 1.82) is 0 Å². The molecule has 3 rings (SSSR count). The van der Waals surface area contributed by atoms with Gasteiger partial charge in [-0.2, -0.15) is 0 Å². The Kier molecular flexibility index (Phi) is 6.39. The predicted octanol–water partition coefficient (Wildman–Crippen LogP) is 4.46. The Labute approximate surface area is 170 Å². The third kappa shape index (κ3) is 4.28. The minimum atomic E-state index is -0.0383. The summed E-state index contributed by atoms with van der Waals surface area (Å²) in [6.07, 6.45) is 0. The molecule has 0 aromatic carbocycles. The van der Waals surface area contributed by atoms with E-state index in [1.54, 1.807) is 15.9 Å². The van der Waals surface area contributed by atoms with E-state index >= 15 is 0 Å². The lowest BCUT2D eigenvalue weighted by Gasteiger charge is -2.17. The maximum Gasteiger partial charge on any atom is 0.263 e. The molecule has 3 aromatic heterocycles. The molecule has 0 aliphatic carbocycles. The summed E-state index contributed by atoms with van der Waals surface area (Å²) in [7, 11) is 0. The summed E-state index contributed by atoms with van der Waals surface area (Å²) >= 11 is 4.41. The highest BCUT2D eigenvalue weighted by atomic mass is 32.2. The summed E-state index contributed by atoms with van der Waals surface area (Å²) in [4.78, 5) is 31.8. The van der Waals surface area contributed by atoms with Crippen molar-refractivity contribution < 1.29 is 4.79 Å².